The predicted molar refractivity (Wildman–Crippen MR) is 78.2 cm³/mol. The zero-order chi connectivity index (χ0) is 14.0. The number of aromatic nitrogens is 1. The van der Waals surface area contributed by atoms with Gasteiger partial charge in [0.1, 0.15) is 5.82 Å². The molecule has 0 bridgehead atoms. The van der Waals surface area contributed by atoms with E-state index >= 15 is 0 Å². The van der Waals surface area contributed by atoms with E-state index in [4.69, 9.17) is 0 Å². The zero-order valence-electron chi connectivity index (χ0n) is 11.7. The molecule has 1 aromatic carbocycles. The van der Waals surface area contributed by atoms with Crippen LogP contribution in [0.3, 0.4) is 0 Å². The van der Waals surface area contributed by atoms with Crippen LogP contribution >= 0.6 is 11.3 Å². The molecule has 0 radical (unpaired) electrons. The Labute approximate surface area is 117 Å². The quantitative estimate of drug-likeness (QED) is 0.922. The van der Waals surface area contributed by atoms with E-state index < -0.39 is 0 Å². The van der Waals surface area contributed by atoms with E-state index in [2.05, 4.69) is 17.2 Å². The van der Waals surface area contributed by atoms with Crippen molar-refractivity contribution in [1.29, 1.82) is 0 Å². The van der Waals surface area contributed by atoms with Crippen LogP contribution in [0.25, 0.3) is 0 Å². The molecule has 0 aliphatic heterocycles. The number of halogens is 1. The lowest BCUT2D eigenvalue weighted by atomic mass is 10.0. The van der Waals surface area contributed by atoms with Gasteiger partial charge < -0.3 is 5.32 Å². The molecule has 1 atom stereocenters. The molecule has 1 unspecified atom stereocenters. The molecular formula is C15H19FN2S. The third-order valence-corrected chi connectivity index (χ3v) is 4.49. The number of likely N-dealkylation sites (N-methyl/N-ethyl adjacent to an activating group) is 1. The van der Waals surface area contributed by atoms with Gasteiger partial charge in [0.15, 0.2) is 0 Å². The Kier molecular flexibility index (Phi) is 4.32. The van der Waals surface area contributed by atoms with Gasteiger partial charge in [0.2, 0.25) is 0 Å². The highest BCUT2D eigenvalue weighted by Gasteiger charge is 2.14. The van der Waals surface area contributed by atoms with Crippen molar-refractivity contribution in [2.75, 3.05) is 7.05 Å². The van der Waals surface area contributed by atoms with Gasteiger partial charge in [-0.2, -0.15) is 0 Å². The first kappa shape index (κ1) is 14.2. The second kappa shape index (κ2) is 5.80. The minimum Gasteiger partial charge on any atom is -0.313 e. The van der Waals surface area contributed by atoms with Gasteiger partial charge in [-0.25, -0.2) is 9.37 Å². The average molecular weight is 278 g/mol. The van der Waals surface area contributed by atoms with Crippen LogP contribution < -0.4 is 5.32 Å². The topological polar surface area (TPSA) is 24.9 Å². The Morgan fingerprint density at radius 3 is 2.58 bits per heavy atom. The summed E-state index contributed by atoms with van der Waals surface area (Å²) in [5.41, 5.74) is 2.74. The molecule has 0 spiro atoms. The number of hydrogen-bond acceptors (Lipinski definition) is 3. The summed E-state index contributed by atoms with van der Waals surface area (Å²) in [6.07, 6.45) is 0.790. The van der Waals surface area contributed by atoms with Crippen molar-refractivity contribution in [3.63, 3.8) is 0 Å². The minimum absolute atomic E-state index is 0.0973. The Hall–Kier alpha value is -1.26. The van der Waals surface area contributed by atoms with Crippen molar-refractivity contribution < 1.29 is 4.39 Å². The highest BCUT2D eigenvalue weighted by Crippen LogP contribution is 2.24. The Bertz CT molecular complexity index is 558. The largest absolute Gasteiger partial charge is 0.313 e. The lowest BCUT2D eigenvalue weighted by Gasteiger charge is -2.15. The van der Waals surface area contributed by atoms with E-state index in [9.17, 15) is 4.39 Å². The van der Waals surface area contributed by atoms with E-state index in [0.717, 1.165) is 22.7 Å². The molecule has 1 heterocycles. The van der Waals surface area contributed by atoms with E-state index in [0.29, 0.717) is 5.56 Å². The number of benzene rings is 1. The number of rotatable bonds is 4. The molecule has 102 valence electrons. The Morgan fingerprint density at radius 2 is 2.05 bits per heavy atom. The predicted octanol–water partition coefficient (Wildman–Crippen LogP) is 3.71. The van der Waals surface area contributed by atoms with Crippen LogP contribution in [0.15, 0.2) is 18.2 Å². The number of nitrogens with one attached hydrogen (secondary N) is 1. The van der Waals surface area contributed by atoms with Gasteiger partial charge in [0, 0.05) is 17.3 Å². The molecule has 0 aliphatic rings. The SMILES string of the molecule is CNC(Cc1nc(C)c(C)s1)c1ccc(C)c(F)c1. The molecule has 2 nitrogen and oxygen atoms in total. The maximum absolute atomic E-state index is 13.6. The number of nitrogens with zero attached hydrogens (tertiary/aromatic N) is 1. The Balaban J connectivity index is 2.22. The first-order chi connectivity index (χ1) is 9.01. The summed E-state index contributed by atoms with van der Waals surface area (Å²) < 4.78 is 13.6. The second-order valence-electron chi connectivity index (χ2n) is 4.80. The normalized spacial score (nSPS) is 12.7. The van der Waals surface area contributed by atoms with Crippen molar-refractivity contribution in [1.82, 2.24) is 10.3 Å². The number of aryl methyl sites for hydroxylation is 3. The highest BCUT2D eigenvalue weighted by molar-refractivity contribution is 7.11. The first-order valence-electron chi connectivity index (χ1n) is 6.37. The molecule has 2 aromatic rings. The summed E-state index contributed by atoms with van der Waals surface area (Å²) >= 11 is 1.72. The lowest BCUT2D eigenvalue weighted by molar-refractivity contribution is 0.573. The molecule has 0 amide bonds. The molecule has 1 aromatic heterocycles. The van der Waals surface area contributed by atoms with Gasteiger partial charge in [-0.05, 0) is 45.0 Å². The fourth-order valence-corrected chi connectivity index (χ4v) is 2.99. The smallest absolute Gasteiger partial charge is 0.126 e. The fourth-order valence-electron chi connectivity index (χ4n) is 2.01. The maximum atomic E-state index is 13.6. The maximum Gasteiger partial charge on any atom is 0.126 e. The number of hydrogen-bond donors (Lipinski definition) is 1. The van der Waals surface area contributed by atoms with Gasteiger partial charge in [-0.3, -0.25) is 0 Å². The molecule has 0 fully saturated rings. The van der Waals surface area contributed by atoms with E-state index in [1.807, 2.05) is 26.1 Å². The minimum atomic E-state index is -0.149. The van der Waals surface area contributed by atoms with Crippen LogP contribution in [0.1, 0.15) is 32.7 Å². The van der Waals surface area contributed by atoms with Crippen LogP contribution in [0.4, 0.5) is 4.39 Å². The van der Waals surface area contributed by atoms with Gasteiger partial charge in [0.05, 0.1) is 10.7 Å². The Morgan fingerprint density at radius 1 is 1.32 bits per heavy atom. The number of thiazole rings is 1. The van der Waals surface area contributed by atoms with Crippen LogP contribution in [0.2, 0.25) is 0 Å². The fraction of sp³-hybridized carbons (Fsp3) is 0.400. The van der Waals surface area contributed by atoms with Crippen LogP contribution in [0, 0.1) is 26.6 Å². The van der Waals surface area contributed by atoms with Crippen molar-refractivity contribution in [2.24, 2.45) is 0 Å². The molecule has 0 aliphatic carbocycles. The monoisotopic (exact) mass is 278 g/mol. The molecule has 4 heteroatoms. The third-order valence-electron chi connectivity index (χ3n) is 3.40. The molecule has 1 N–H and O–H groups in total. The third kappa shape index (κ3) is 3.19. The van der Waals surface area contributed by atoms with E-state index in [1.54, 1.807) is 24.3 Å². The van der Waals surface area contributed by atoms with Gasteiger partial charge in [0.25, 0.3) is 0 Å². The zero-order valence-corrected chi connectivity index (χ0v) is 12.6. The summed E-state index contributed by atoms with van der Waals surface area (Å²) in [7, 11) is 1.90. The summed E-state index contributed by atoms with van der Waals surface area (Å²) in [5.74, 6) is -0.149. The van der Waals surface area contributed by atoms with E-state index in [1.165, 1.54) is 4.88 Å². The lowest BCUT2D eigenvalue weighted by Crippen LogP contribution is -2.19. The van der Waals surface area contributed by atoms with Gasteiger partial charge in [-0.15, -0.1) is 11.3 Å². The summed E-state index contributed by atoms with van der Waals surface area (Å²) in [4.78, 5) is 5.80. The van der Waals surface area contributed by atoms with Gasteiger partial charge >= 0.3 is 0 Å². The molecular weight excluding hydrogens is 259 g/mol. The molecule has 0 saturated heterocycles. The molecule has 0 saturated carbocycles. The van der Waals surface area contributed by atoms with Crippen molar-refractivity contribution >= 4 is 11.3 Å². The second-order valence-corrected chi connectivity index (χ2v) is 6.09. The summed E-state index contributed by atoms with van der Waals surface area (Å²) in [6.45, 7) is 5.88. The van der Waals surface area contributed by atoms with Crippen molar-refractivity contribution in [2.45, 2.75) is 33.2 Å². The summed E-state index contributed by atoms with van der Waals surface area (Å²) in [6, 6.07) is 5.52. The van der Waals surface area contributed by atoms with Crippen LogP contribution in [-0.4, -0.2) is 12.0 Å². The van der Waals surface area contributed by atoms with Crippen LogP contribution in [-0.2, 0) is 6.42 Å². The van der Waals surface area contributed by atoms with Gasteiger partial charge in [-0.1, -0.05) is 12.1 Å². The average Bonchev–Trinajstić information content (AvgIpc) is 2.69. The first-order valence-corrected chi connectivity index (χ1v) is 7.19. The van der Waals surface area contributed by atoms with Crippen LogP contribution in [0.5, 0.6) is 0 Å². The highest BCUT2D eigenvalue weighted by atomic mass is 32.1. The standard InChI is InChI=1S/C15H19FN2S/c1-9-5-6-12(7-13(9)16)14(17-4)8-15-18-10(2)11(3)19-15/h5-7,14,17H,8H2,1-4H3. The van der Waals surface area contributed by atoms with E-state index in [-0.39, 0.29) is 11.9 Å². The van der Waals surface area contributed by atoms with Crippen molar-refractivity contribution in [3.8, 4) is 0 Å². The van der Waals surface area contributed by atoms with Crippen molar-refractivity contribution in [3.05, 3.63) is 50.7 Å². The molecule has 19 heavy (non-hydrogen) atoms. The summed E-state index contributed by atoms with van der Waals surface area (Å²) in [5, 5.41) is 4.34. The molecule has 2 rings (SSSR count).